The first kappa shape index (κ1) is 20.6. The van der Waals surface area contributed by atoms with E-state index in [1.165, 1.54) is 4.31 Å². The van der Waals surface area contributed by atoms with E-state index >= 15 is 0 Å². The highest BCUT2D eigenvalue weighted by atomic mass is 32.2. The van der Waals surface area contributed by atoms with Gasteiger partial charge in [-0.15, -0.1) is 0 Å². The predicted octanol–water partition coefficient (Wildman–Crippen LogP) is 4.12. The number of fused-ring (bicyclic) bond motifs is 1. The van der Waals surface area contributed by atoms with Crippen LogP contribution in [-0.4, -0.2) is 25.2 Å². The average molecular weight is 401 g/mol. The van der Waals surface area contributed by atoms with Crippen LogP contribution >= 0.6 is 0 Å². The normalized spacial score (nSPS) is 14.7. The van der Waals surface area contributed by atoms with Crippen molar-refractivity contribution in [3.05, 3.63) is 59.2 Å². The van der Waals surface area contributed by atoms with Crippen LogP contribution in [0, 0.1) is 12.8 Å². The summed E-state index contributed by atoms with van der Waals surface area (Å²) in [4.78, 5) is 12.7. The first-order valence-corrected chi connectivity index (χ1v) is 11.3. The number of nitrogens with one attached hydrogen (secondary N) is 1. The van der Waals surface area contributed by atoms with Crippen LogP contribution in [0.1, 0.15) is 43.4 Å². The van der Waals surface area contributed by atoms with Gasteiger partial charge >= 0.3 is 0 Å². The molecule has 1 N–H and O–H groups in total. The van der Waals surface area contributed by atoms with E-state index in [4.69, 9.17) is 0 Å². The third-order valence-corrected chi connectivity index (χ3v) is 7.33. The van der Waals surface area contributed by atoms with E-state index in [9.17, 15) is 13.2 Å². The molecule has 0 aromatic heterocycles. The van der Waals surface area contributed by atoms with E-state index in [1.807, 2.05) is 51.1 Å². The van der Waals surface area contributed by atoms with Gasteiger partial charge < -0.3 is 5.32 Å². The number of benzene rings is 2. The van der Waals surface area contributed by atoms with Crippen molar-refractivity contribution in [3.8, 4) is 0 Å². The molecule has 150 valence electrons. The number of nitrogens with zero attached hydrogens (tertiary/aromatic N) is 1. The van der Waals surface area contributed by atoms with Crippen molar-refractivity contribution in [1.29, 1.82) is 0 Å². The Kier molecular flexibility index (Phi) is 6.20. The number of rotatable bonds is 6. The molecule has 1 heterocycles. The van der Waals surface area contributed by atoms with Gasteiger partial charge in [0.2, 0.25) is 15.9 Å². The van der Waals surface area contributed by atoms with Crippen molar-refractivity contribution in [2.75, 3.05) is 11.9 Å². The van der Waals surface area contributed by atoms with Crippen LogP contribution in [0.4, 0.5) is 5.69 Å². The number of anilines is 1. The maximum absolute atomic E-state index is 13.0. The minimum Gasteiger partial charge on any atom is -0.326 e. The first-order chi connectivity index (χ1) is 13.3. The zero-order valence-corrected chi connectivity index (χ0v) is 17.6. The van der Waals surface area contributed by atoms with Gasteiger partial charge in [0, 0.05) is 24.7 Å². The Morgan fingerprint density at radius 2 is 1.75 bits per heavy atom. The number of aryl methyl sites for hydroxylation is 1. The van der Waals surface area contributed by atoms with Crippen LogP contribution in [0.5, 0.6) is 0 Å². The quantitative estimate of drug-likeness (QED) is 0.793. The fraction of sp³-hybridized carbons (Fsp3) is 0.409. The fourth-order valence-corrected chi connectivity index (χ4v) is 5.00. The number of hydrogen-bond donors (Lipinski definition) is 1. The molecule has 0 bridgehead atoms. The lowest BCUT2D eigenvalue weighted by atomic mass is 9.99. The number of sulfonamides is 1. The molecule has 0 fully saturated rings. The fourth-order valence-electron chi connectivity index (χ4n) is 3.58. The van der Waals surface area contributed by atoms with Gasteiger partial charge in [0.1, 0.15) is 0 Å². The van der Waals surface area contributed by atoms with Crippen molar-refractivity contribution in [3.63, 3.8) is 0 Å². The molecule has 3 rings (SSSR count). The Morgan fingerprint density at radius 3 is 2.39 bits per heavy atom. The van der Waals surface area contributed by atoms with Crippen molar-refractivity contribution in [1.82, 2.24) is 4.31 Å². The molecule has 0 saturated heterocycles. The molecule has 0 atom stereocenters. The van der Waals surface area contributed by atoms with Crippen molar-refractivity contribution in [2.45, 2.75) is 51.5 Å². The maximum atomic E-state index is 13.0. The number of carbonyl (C=O) groups is 1. The van der Waals surface area contributed by atoms with Gasteiger partial charge in [0.05, 0.1) is 4.90 Å². The van der Waals surface area contributed by atoms with Gasteiger partial charge in [-0.05, 0) is 61.6 Å². The summed E-state index contributed by atoms with van der Waals surface area (Å²) in [5, 5.41) is 2.98. The van der Waals surface area contributed by atoms with Crippen LogP contribution in [-0.2, 0) is 27.8 Å². The average Bonchev–Trinajstić information content (AvgIpc) is 2.68. The second-order valence-corrected chi connectivity index (χ2v) is 9.33. The Hall–Kier alpha value is -2.18. The summed E-state index contributed by atoms with van der Waals surface area (Å²) in [6, 6.07) is 12.8. The van der Waals surface area contributed by atoms with Gasteiger partial charge in [0.15, 0.2) is 0 Å². The molecule has 0 unspecified atom stereocenters. The van der Waals surface area contributed by atoms with Gasteiger partial charge in [-0.25, -0.2) is 8.42 Å². The van der Waals surface area contributed by atoms with E-state index in [0.29, 0.717) is 24.4 Å². The van der Waals surface area contributed by atoms with Gasteiger partial charge in [-0.2, -0.15) is 4.31 Å². The monoisotopic (exact) mass is 400 g/mol. The lowest BCUT2D eigenvalue weighted by molar-refractivity contribution is -0.120. The molecule has 0 aliphatic carbocycles. The highest BCUT2D eigenvalue weighted by Crippen LogP contribution is 2.27. The van der Waals surface area contributed by atoms with E-state index < -0.39 is 10.0 Å². The minimum absolute atomic E-state index is 0.00514. The second kappa shape index (κ2) is 8.45. The Balaban J connectivity index is 1.80. The molecule has 1 amide bonds. The van der Waals surface area contributed by atoms with Gasteiger partial charge in [-0.1, -0.05) is 37.6 Å². The molecule has 0 saturated carbocycles. The lowest BCUT2D eigenvalue weighted by Gasteiger charge is -2.28. The Morgan fingerprint density at radius 1 is 1.07 bits per heavy atom. The highest BCUT2D eigenvalue weighted by molar-refractivity contribution is 7.89. The summed E-state index contributed by atoms with van der Waals surface area (Å²) in [5.74, 6) is 0.0133. The molecular formula is C22H28N2O3S. The zero-order valence-electron chi connectivity index (χ0n) is 16.7. The maximum Gasteiger partial charge on any atom is 0.243 e. The van der Waals surface area contributed by atoms with Gasteiger partial charge in [-0.3, -0.25) is 4.79 Å². The van der Waals surface area contributed by atoms with Crippen LogP contribution in [0.2, 0.25) is 0 Å². The molecule has 0 spiro atoms. The van der Waals surface area contributed by atoms with Crippen molar-refractivity contribution in [2.24, 2.45) is 5.92 Å². The molecule has 1 aliphatic heterocycles. The van der Waals surface area contributed by atoms with Crippen LogP contribution in [0.3, 0.4) is 0 Å². The number of amides is 1. The SMILES string of the molecule is CCC(CC)C(=O)Nc1ccc2c(c1)CN(S(=O)(=O)c1ccc(C)cc1)CC2. The summed E-state index contributed by atoms with van der Waals surface area (Å²) >= 11 is 0. The molecule has 0 radical (unpaired) electrons. The van der Waals surface area contributed by atoms with Crippen molar-refractivity contribution < 1.29 is 13.2 Å². The molecule has 2 aromatic rings. The molecular weight excluding hydrogens is 372 g/mol. The van der Waals surface area contributed by atoms with Gasteiger partial charge in [0.25, 0.3) is 0 Å². The van der Waals surface area contributed by atoms with Crippen molar-refractivity contribution >= 4 is 21.6 Å². The minimum atomic E-state index is -3.53. The Labute approximate surface area is 167 Å². The molecule has 28 heavy (non-hydrogen) atoms. The Bertz CT molecular complexity index is 948. The molecule has 1 aliphatic rings. The van der Waals surface area contributed by atoms with E-state index in [0.717, 1.165) is 35.2 Å². The second-order valence-electron chi connectivity index (χ2n) is 7.39. The third kappa shape index (κ3) is 4.28. The molecule has 5 nitrogen and oxygen atoms in total. The van der Waals surface area contributed by atoms with E-state index in [-0.39, 0.29) is 11.8 Å². The third-order valence-electron chi connectivity index (χ3n) is 5.47. The highest BCUT2D eigenvalue weighted by Gasteiger charge is 2.28. The van der Waals surface area contributed by atoms with E-state index in [2.05, 4.69) is 5.32 Å². The first-order valence-electron chi connectivity index (χ1n) is 9.84. The lowest BCUT2D eigenvalue weighted by Crippen LogP contribution is -2.36. The largest absolute Gasteiger partial charge is 0.326 e. The zero-order chi connectivity index (χ0) is 20.3. The summed E-state index contributed by atoms with van der Waals surface area (Å²) in [6.07, 6.45) is 2.27. The van der Waals surface area contributed by atoms with E-state index in [1.54, 1.807) is 12.1 Å². The topological polar surface area (TPSA) is 66.5 Å². The summed E-state index contributed by atoms with van der Waals surface area (Å²) in [7, 11) is -3.53. The van der Waals surface area contributed by atoms with Crippen LogP contribution in [0.15, 0.2) is 47.4 Å². The standard InChI is InChI=1S/C22H28N2O3S/c1-4-17(5-2)22(25)23-20-9-8-18-12-13-24(15-19(18)14-20)28(26,27)21-10-6-16(3)7-11-21/h6-11,14,17H,4-5,12-13,15H2,1-3H3,(H,23,25). The van der Waals surface area contributed by atoms with Crippen LogP contribution < -0.4 is 5.32 Å². The number of carbonyl (C=O) groups excluding carboxylic acids is 1. The summed E-state index contributed by atoms with van der Waals surface area (Å²) in [5.41, 5.74) is 3.84. The van der Waals surface area contributed by atoms with Crippen LogP contribution in [0.25, 0.3) is 0 Å². The number of hydrogen-bond acceptors (Lipinski definition) is 3. The summed E-state index contributed by atoms with van der Waals surface area (Å²) < 4.78 is 27.5. The molecule has 2 aromatic carbocycles. The predicted molar refractivity (Wildman–Crippen MR) is 112 cm³/mol. The molecule has 6 heteroatoms. The summed E-state index contributed by atoms with van der Waals surface area (Å²) in [6.45, 7) is 6.73. The smallest absolute Gasteiger partial charge is 0.243 e.